The van der Waals surface area contributed by atoms with E-state index in [1.54, 1.807) is 11.8 Å². The molecule has 3 rings (SSSR count). The Balaban J connectivity index is 1.41. The molecule has 23 heavy (non-hydrogen) atoms. The van der Waals surface area contributed by atoms with Gasteiger partial charge in [0.15, 0.2) is 0 Å². The fraction of sp³-hybridized carbons (Fsp3) is 0.692. The van der Waals surface area contributed by atoms with Crippen LogP contribution < -0.4 is 5.32 Å². The first-order valence-corrected chi connectivity index (χ1v) is 10.6. The molecule has 0 saturated carbocycles. The van der Waals surface area contributed by atoms with Crippen LogP contribution in [0, 0.1) is 0 Å². The van der Waals surface area contributed by atoms with Gasteiger partial charge in [-0.3, -0.25) is 13.8 Å². The van der Waals surface area contributed by atoms with Crippen LogP contribution in [0.2, 0.25) is 0 Å². The molecule has 2 bridgehead atoms. The van der Waals surface area contributed by atoms with Crippen molar-refractivity contribution in [3.8, 4) is 0 Å². The number of carbonyl (C=O) groups is 2. The van der Waals surface area contributed by atoms with Gasteiger partial charge in [-0.15, -0.1) is 11.8 Å². The standard InChI is InChI=1S/C13H17NO6S3/c1-2-10(16)21-4-3-14-9(15)6-19-11-7-5-8-13(22-7)12(11)20-23(8,17)18/h2,7-8,11-13H,1,3-6H2,(H,14,15). The summed E-state index contributed by atoms with van der Waals surface area (Å²) in [5, 5.41) is 2.10. The van der Waals surface area contributed by atoms with Crippen molar-refractivity contribution in [1.29, 1.82) is 0 Å². The van der Waals surface area contributed by atoms with Gasteiger partial charge in [0.05, 0.1) is 11.4 Å². The van der Waals surface area contributed by atoms with Crippen LogP contribution >= 0.6 is 23.5 Å². The average Bonchev–Trinajstić information content (AvgIpc) is 3.12. The maximum atomic E-state index is 11.8. The highest BCUT2D eigenvalue weighted by Gasteiger charge is 2.65. The highest BCUT2D eigenvalue weighted by atomic mass is 32.2. The van der Waals surface area contributed by atoms with E-state index >= 15 is 0 Å². The van der Waals surface area contributed by atoms with Crippen LogP contribution in [0.1, 0.15) is 6.42 Å². The van der Waals surface area contributed by atoms with E-state index in [4.69, 9.17) is 8.92 Å². The SMILES string of the molecule is C=CC(=O)SCCNC(=O)COC1C2CC3C(S2)C1OS3(=O)=O. The molecule has 7 nitrogen and oxygen atoms in total. The van der Waals surface area contributed by atoms with Crippen molar-refractivity contribution >= 4 is 44.7 Å². The third-order valence-corrected chi connectivity index (χ3v) is 8.51. The minimum absolute atomic E-state index is 0.0700. The molecule has 5 atom stereocenters. The maximum absolute atomic E-state index is 11.8. The highest BCUT2D eigenvalue weighted by molar-refractivity contribution is 8.14. The van der Waals surface area contributed by atoms with Crippen molar-refractivity contribution in [2.45, 2.75) is 34.4 Å². The van der Waals surface area contributed by atoms with E-state index in [-0.39, 0.29) is 34.2 Å². The summed E-state index contributed by atoms with van der Waals surface area (Å²) in [7, 11) is -3.48. The van der Waals surface area contributed by atoms with Crippen LogP contribution in [0.4, 0.5) is 0 Å². The molecule has 3 fully saturated rings. The third-order valence-electron chi connectivity index (χ3n) is 4.04. The lowest BCUT2D eigenvalue weighted by atomic mass is 9.94. The summed E-state index contributed by atoms with van der Waals surface area (Å²) in [5.41, 5.74) is 0. The molecule has 5 unspecified atom stereocenters. The van der Waals surface area contributed by atoms with Gasteiger partial charge in [0.2, 0.25) is 11.0 Å². The third kappa shape index (κ3) is 3.46. The molecule has 3 aliphatic rings. The van der Waals surface area contributed by atoms with E-state index in [0.29, 0.717) is 18.7 Å². The predicted molar refractivity (Wildman–Crippen MR) is 87.8 cm³/mol. The van der Waals surface area contributed by atoms with Gasteiger partial charge in [-0.25, -0.2) is 0 Å². The zero-order chi connectivity index (χ0) is 16.6. The molecule has 3 aliphatic heterocycles. The van der Waals surface area contributed by atoms with Crippen molar-refractivity contribution < 1.29 is 26.9 Å². The molecule has 0 aromatic carbocycles. The highest BCUT2D eigenvalue weighted by Crippen LogP contribution is 2.55. The van der Waals surface area contributed by atoms with Gasteiger partial charge >= 0.3 is 0 Å². The Morgan fingerprint density at radius 3 is 3.00 bits per heavy atom. The topological polar surface area (TPSA) is 98.8 Å². The number of hydrogen-bond donors (Lipinski definition) is 1. The lowest BCUT2D eigenvalue weighted by Gasteiger charge is -2.23. The number of nitrogens with one attached hydrogen (secondary N) is 1. The molecule has 1 N–H and O–H groups in total. The molecule has 0 aromatic rings. The lowest BCUT2D eigenvalue weighted by molar-refractivity contribution is -0.129. The molecule has 0 radical (unpaired) electrons. The first-order valence-electron chi connectivity index (χ1n) is 7.17. The molecule has 0 aromatic heterocycles. The fourth-order valence-electron chi connectivity index (χ4n) is 3.05. The number of carbonyl (C=O) groups excluding carboxylic acids is 2. The second-order valence-corrected chi connectivity index (χ2v) is 9.77. The van der Waals surface area contributed by atoms with Crippen molar-refractivity contribution in [3.63, 3.8) is 0 Å². The molecule has 128 valence electrons. The summed E-state index contributed by atoms with van der Waals surface area (Å²) in [5.74, 6) is 0.175. The number of thioether (sulfide) groups is 2. The number of rotatable bonds is 7. The van der Waals surface area contributed by atoms with Crippen molar-refractivity contribution in [3.05, 3.63) is 12.7 Å². The summed E-state index contributed by atoms with van der Waals surface area (Å²) in [4.78, 5) is 22.7. The average molecular weight is 379 g/mol. The van der Waals surface area contributed by atoms with Gasteiger partial charge in [-0.2, -0.15) is 8.42 Å². The molecule has 1 amide bonds. The summed E-state index contributed by atoms with van der Waals surface area (Å²) in [6, 6.07) is 0. The van der Waals surface area contributed by atoms with Crippen molar-refractivity contribution in [1.82, 2.24) is 5.32 Å². The van der Waals surface area contributed by atoms with E-state index in [1.807, 2.05) is 0 Å². The Morgan fingerprint density at radius 2 is 2.26 bits per heavy atom. The second-order valence-electron chi connectivity index (χ2n) is 5.46. The Labute approximate surface area is 143 Å². The summed E-state index contributed by atoms with van der Waals surface area (Å²) >= 11 is 2.67. The van der Waals surface area contributed by atoms with E-state index in [1.165, 1.54) is 6.08 Å². The van der Waals surface area contributed by atoms with Gasteiger partial charge in [-0.1, -0.05) is 18.3 Å². The van der Waals surface area contributed by atoms with Crippen LogP contribution in [0.5, 0.6) is 0 Å². The van der Waals surface area contributed by atoms with E-state index in [2.05, 4.69) is 11.9 Å². The number of amides is 1. The Morgan fingerprint density at radius 1 is 1.48 bits per heavy atom. The Kier molecular flexibility index (Phi) is 5.07. The second kappa shape index (κ2) is 6.75. The first-order chi connectivity index (χ1) is 10.9. The predicted octanol–water partition coefficient (Wildman–Crippen LogP) is -0.0815. The van der Waals surface area contributed by atoms with E-state index < -0.39 is 21.5 Å². The number of ether oxygens (including phenoxy) is 1. The van der Waals surface area contributed by atoms with Crippen LogP contribution in [-0.4, -0.2) is 66.3 Å². The quantitative estimate of drug-likeness (QED) is 0.373. The Bertz CT molecular complexity index is 621. The van der Waals surface area contributed by atoms with Gasteiger partial charge in [0.25, 0.3) is 10.1 Å². The van der Waals surface area contributed by atoms with Gasteiger partial charge in [-0.05, 0) is 12.5 Å². The van der Waals surface area contributed by atoms with E-state index in [9.17, 15) is 18.0 Å². The monoisotopic (exact) mass is 379 g/mol. The number of hydrogen-bond acceptors (Lipinski definition) is 8. The molecule has 3 heterocycles. The fourth-order valence-corrected chi connectivity index (χ4v) is 7.74. The smallest absolute Gasteiger partial charge is 0.271 e. The van der Waals surface area contributed by atoms with Gasteiger partial charge < -0.3 is 10.1 Å². The zero-order valence-corrected chi connectivity index (χ0v) is 14.6. The van der Waals surface area contributed by atoms with Crippen molar-refractivity contribution in [2.24, 2.45) is 0 Å². The summed E-state index contributed by atoms with van der Waals surface area (Å²) in [6.45, 7) is 3.58. The Hall–Kier alpha value is -0.550. The van der Waals surface area contributed by atoms with Gasteiger partial charge in [0.1, 0.15) is 18.0 Å². The first kappa shape index (κ1) is 17.3. The summed E-state index contributed by atoms with van der Waals surface area (Å²) in [6.07, 6.45) is 0.926. The summed E-state index contributed by atoms with van der Waals surface area (Å²) < 4.78 is 34.4. The molecule has 3 saturated heterocycles. The van der Waals surface area contributed by atoms with E-state index in [0.717, 1.165) is 11.8 Å². The van der Waals surface area contributed by atoms with Crippen LogP contribution in [0.3, 0.4) is 0 Å². The zero-order valence-electron chi connectivity index (χ0n) is 12.2. The molecule has 10 heteroatoms. The normalized spacial score (nSPS) is 36.1. The van der Waals surface area contributed by atoms with Gasteiger partial charge in [0, 0.05) is 17.5 Å². The van der Waals surface area contributed by atoms with Crippen LogP contribution in [0.15, 0.2) is 12.7 Å². The minimum Gasteiger partial charge on any atom is -0.364 e. The van der Waals surface area contributed by atoms with Crippen LogP contribution in [-0.2, 0) is 28.6 Å². The van der Waals surface area contributed by atoms with Crippen LogP contribution in [0.25, 0.3) is 0 Å². The molecule has 0 aliphatic carbocycles. The minimum atomic E-state index is -3.48. The maximum Gasteiger partial charge on any atom is 0.271 e. The molecule has 0 spiro atoms. The largest absolute Gasteiger partial charge is 0.364 e. The van der Waals surface area contributed by atoms with Crippen molar-refractivity contribution in [2.75, 3.05) is 18.9 Å². The lowest BCUT2D eigenvalue weighted by Crippen LogP contribution is -2.42. The molecular formula is C13H17NO6S3. The molecular weight excluding hydrogens is 362 g/mol. The number of fused-ring (bicyclic) bond motifs is 1.